The van der Waals surface area contributed by atoms with E-state index < -0.39 is 17.9 Å². The molecule has 0 saturated carbocycles. The van der Waals surface area contributed by atoms with E-state index in [9.17, 15) is 27.2 Å². The Morgan fingerprint density at radius 3 is 2.02 bits per heavy atom. The minimum absolute atomic E-state index is 0.331. The highest BCUT2D eigenvalue weighted by Gasteiger charge is 2.30. The van der Waals surface area contributed by atoms with Gasteiger partial charge in [-0.05, 0) is 66.0 Å². The van der Waals surface area contributed by atoms with Crippen LogP contribution in [0.1, 0.15) is 55.6 Å². The van der Waals surface area contributed by atoms with E-state index in [2.05, 4.69) is 23.7 Å². The summed E-state index contributed by atoms with van der Waals surface area (Å²) in [5.74, 6) is 0.0889. The van der Waals surface area contributed by atoms with Gasteiger partial charge in [-0.2, -0.15) is 18.2 Å². The van der Waals surface area contributed by atoms with Gasteiger partial charge in [0.05, 0.1) is 5.56 Å². The highest BCUT2D eigenvalue weighted by Crippen LogP contribution is 2.31. The average Bonchev–Trinajstić information content (AvgIpc) is 3.06. The van der Waals surface area contributed by atoms with Crippen molar-refractivity contribution in [3.63, 3.8) is 0 Å². The number of hydrogen-bond acceptors (Lipinski definition) is 6. The number of rotatable bonds is 16. The van der Waals surface area contributed by atoms with Gasteiger partial charge in [0.15, 0.2) is 11.4 Å². The molecule has 0 spiro atoms. The minimum Gasteiger partial charge on any atom is -0.304 e. The van der Waals surface area contributed by atoms with Crippen LogP contribution in [0.15, 0.2) is 88.9 Å². The average molecular weight is 669 g/mol. The van der Waals surface area contributed by atoms with Gasteiger partial charge in [0.25, 0.3) is 5.56 Å². The highest BCUT2D eigenvalue weighted by molar-refractivity contribution is 7.98. The molecule has 1 atom stereocenters. The van der Waals surface area contributed by atoms with Crippen LogP contribution in [0.3, 0.4) is 0 Å². The van der Waals surface area contributed by atoms with Crippen LogP contribution < -0.4 is 5.56 Å². The summed E-state index contributed by atoms with van der Waals surface area (Å²) in [6.45, 7) is 9.47. The van der Waals surface area contributed by atoms with Gasteiger partial charge in [0, 0.05) is 37.1 Å². The number of aryl methyl sites for hydroxylation is 1. The van der Waals surface area contributed by atoms with Crippen LogP contribution in [0.2, 0.25) is 0 Å². The molecular formula is C36H40F4N4O2S. The summed E-state index contributed by atoms with van der Waals surface area (Å²) in [6.07, 6.45) is -1.32. The number of aromatic nitrogens is 2. The molecule has 3 aromatic carbocycles. The van der Waals surface area contributed by atoms with E-state index in [0.29, 0.717) is 48.1 Å². The first-order valence-corrected chi connectivity index (χ1v) is 16.7. The maximum Gasteiger partial charge on any atom is 0.416 e. The molecule has 4 aromatic rings. The van der Waals surface area contributed by atoms with Crippen molar-refractivity contribution in [3.8, 4) is 11.1 Å². The molecule has 0 bridgehead atoms. The largest absolute Gasteiger partial charge is 0.416 e. The van der Waals surface area contributed by atoms with Crippen LogP contribution in [0.25, 0.3) is 11.1 Å². The van der Waals surface area contributed by atoms with Gasteiger partial charge in [0.1, 0.15) is 12.0 Å². The Morgan fingerprint density at radius 2 is 1.47 bits per heavy atom. The second kappa shape index (κ2) is 16.9. The maximum absolute atomic E-state index is 13.5. The second-order valence-corrected chi connectivity index (χ2v) is 12.2. The van der Waals surface area contributed by atoms with E-state index in [0.717, 1.165) is 54.6 Å². The standard InChI is InChI=1S/C36H40F4N4O2S/c1-4-7-30-23-44(35(41-34(30)46)47-25-27-10-18-32(37)19-11-27)33(24-45)43(21-20-42(5-2)6-3)22-26-8-12-28(13-9-26)29-14-16-31(17-15-29)36(38,39)40/h8-19,23-24,33H,4-7,20-22,25H2,1-3H3. The molecule has 0 aliphatic carbocycles. The van der Waals surface area contributed by atoms with Crippen molar-refractivity contribution >= 4 is 18.0 Å². The maximum atomic E-state index is 13.5. The molecule has 11 heteroatoms. The van der Waals surface area contributed by atoms with E-state index >= 15 is 0 Å². The van der Waals surface area contributed by atoms with Crippen molar-refractivity contribution in [2.45, 2.75) is 63.4 Å². The van der Waals surface area contributed by atoms with E-state index in [1.807, 2.05) is 36.1 Å². The molecule has 47 heavy (non-hydrogen) atoms. The van der Waals surface area contributed by atoms with E-state index in [4.69, 9.17) is 0 Å². The minimum atomic E-state index is -4.40. The number of alkyl halides is 3. The van der Waals surface area contributed by atoms with Crippen molar-refractivity contribution in [1.29, 1.82) is 0 Å². The Balaban J connectivity index is 1.66. The van der Waals surface area contributed by atoms with Crippen molar-refractivity contribution in [2.24, 2.45) is 0 Å². The van der Waals surface area contributed by atoms with E-state index in [1.54, 1.807) is 22.9 Å². The molecule has 0 aliphatic rings. The topological polar surface area (TPSA) is 58.4 Å². The molecule has 0 radical (unpaired) electrons. The summed E-state index contributed by atoms with van der Waals surface area (Å²) in [7, 11) is 0. The third-order valence-corrected chi connectivity index (χ3v) is 9.09. The molecule has 0 N–H and O–H groups in total. The number of nitrogens with zero attached hydrogens (tertiary/aromatic N) is 4. The lowest BCUT2D eigenvalue weighted by Gasteiger charge is -2.33. The Morgan fingerprint density at radius 1 is 0.872 bits per heavy atom. The number of halogens is 4. The normalized spacial score (nSPS) is 12.5. The van der Waals surface area contributed by atoms with Gasteiger partial charge in [-0.15, -0.1) is 0 Å². The fraction of sp³-hybridized carbons (Fsp3) is 0.361. The lowest BCUT2D eigenvalue weighted by Crippen LogP contribution is -2.40. The first kappa shape index (κ1) is 36.0. The summed E-state index contributed by atoms with van der Waals surface area (Å²) in [6, 6.07) is 18.7. The number of aldehydes is 1. The first-order valence-electron chi connectivity index (χ1n) is 15.7. The summed E-state index contributed by atoms with van der Waals surface area (Å²) in [5.41, 5.74) is 2.70. The summed E-state index contributed by atoms with van der Waals surface area (Å²) < 4.78 is 54.4. The molecule has 1 unspecified atom stereocenters. The Bertz CT molecular complexity index is 1640. The zero-order chi connectivity index (χ0) is 34.0. The van der Waals surface area contributed by atoms with Crippen molar-refractivity contribution < 1.29 is 22.4 Å². The molecular weight excluding hydrogens is 628 g/mol. The molecule has 0 amide bonds. The molecule has 6 nitrogen and oxygen atoms in total. The van der Waals surface area contributed by atoms with Crippen LogP contribution in [0.5, 0.6) is 0 Å². The lowest BCUT2D eigenvalue weighted by atomic mass is 10.0. The van der Waals surface area contributed by atoms with Crippen molar-refractivity contribution in [2.75, 3.05) is 26.2 Å². The number of hydrogen-bond donors (Lipinski definition) is 0. The molecule has 1 heterocycles. The molecule has 0 saturated heterocycles. The predicted octanol–water partition coefficient (Wildman–Crippen LogP) is 7.85. The fourth-order valence-corrected chi connectivity index (χ4v) is 6.24. The number of thioether (sulfide) groups is 1. The van der Waals surface area contributed by atoms with Gasteiger partial charge in [-0.1, -0.05) is 87.5 Å². The zero-order valence-corrected chi connectivity index (χ0v) is 27.7. The number of benzene rings is 3. The molecule has 250 valence electrons. The predicted molar refractivity (Wildman–Crippen MR) is 179 cm³/mol. The number of carbonyl (C=O) groups excluding carboxylic acids is 1. The lowest BCUT2D eigenvalue weighted by molar-refractivity contribution is -0.137. The van der Waals surface area contributed by atoms with Gasteiger partial charge in [-0.3, -0.25) is 14.5 Å². The Kier molecular flexibility index (Phi) is 12.9. The summed E-state index contributed by atoms with van der Waals surface area (Å²) in [4.78, 5) is 34.6. The van der Waals surface area contributed by atoms with Crippen LogP contribution in [0.4, 0.5) is 17.6 Å². The van der Waals surface area contributed by atoms with Gasteiger partial charge >= 0.3 is 6.18 Å². The van der Waals surface area contributed by atoms with Crippen LogP contribution in [-0.4, -0.2) is 51.8 Å². The quantitative estimate of drug-likeness (QED) is 0.0525. The van der Waals surface area contributed by atoms with Crippen molar-refractivity contribution in [1.82, 2.24) is 19.4 Å². The van der Waals surface area contributed by atoms with E-state index in [1.165, 1.54) is 36.0 Å². The smallest absolute Gasteiger partial charge is 0.304 e. The Labute approximate surface area is 277 Å². The molecule has 1 aromatic heterocycles. The molecule has 4 rings (SSSR count). The van der Waals surface area contributed by atoms with Crippen LogP contribution in [-0.2, 0) is 29.7 Å². The number of carbonyl (C=O) groups is 1. The SMILES string of the molecule is CCCc1cn(C(C=O)N(CCN(CC)CC)Cc2ccc(-c3ccc(C(F)(F)F)cc3)cc2)c(SCc2ccc(F)cc2)nc1=O. The van der Waals surface area contributed by atoms with Crippen LogP contribution >= 0.6 is 11.8 Å². The highest BCUT2D eigenvalue weighted by atomic mass is 32.2. The monoisotopic (exact) mass is 668 g/mol. The second-order valence-electron chi connectivity index (χ2n) is 11.2. The van der Waals surface area contributed by atoms with Crippen molar-refractivity contribution in [3.05, 3.63) is 117 Å². The number of likely N-dealkylation sites (N-methyl/N-ethyl adjacent to an activating group) is 1. The summed E-state index contributed by atoms with van der Waals surface area (Å²) >= 11 is 1.31. The zero-order valence-electron chi connectivity index (χ0n) is 26.8. The third kappa shape index (κ3) is 9.85. The molecule has 0 fully saturated rings. The Hall–Kier alpha value is -3.80. The summed E-state index contributed by atoms with van der Waals surface area (Å²) in [5, 5.41) is 0.391. The fourth-order valence-electron chi connectivity index (χ4n) is 5.29. The third-order valence-electron chi connectivity index (χ3n) is 8.05. The van der Waals surface area contributed by atoms with Gasteiger partial charge in [-0.25, -0.2) is 4.39 Å². The van der Waals surface area contributed by atoms with Crippen LogP contribution in [0, 0.1) is 5.82 Å². The van der Waals surface area contributed by atoms with Gasteiger partial charge < -0.3 is 9.47 Å². The van der Waals surface area contributed by atoms with Gasteiger partial charge in [0.2, 0.25) is 0 Å². The molecule has 0 aliphatic heterocycles. The van der Waals surface area contributed by atoms with E-state index in [-0.39, 0.29) is 11.4 Å². The first-order chi connectivity index (χ1) is 22.6.